The zero-order chi connectivity index (χ0) is 27.0. The molecule has 11 nitrogen and oxygen atoms in total. The van der Waals surface area contributed by atoms with Gasteiger partial charge >= 0.3 is 0 Å². The maximum absolute atomic E-state index is 13.2. The number of nitrogens with one attached hydrogen (secondary N) is 3. The van der Waals surface area contributed by atoms with Crippen molar-refractivity contribution in [3.8, 4) is 0 Å². The van der Waals surface area contributed by atoms with Crippen molar-refractivity contribution in [3.63, 3.8) is 0 Å². The van der Waals surface area contributed by atoms with Crippen LogP contribution in [0.4, 0.5) is 11.4 Å². The minimum Gasteiger partial charge on any atom is -0.326 e. The van der Waals surface area contributed by atoms with Crippen LogP contribution in [0.2, 0.25) is 0 Å². The summed E-state index contributed by atoms with van der Waals surface area (Å²) in [6.45, 7) is 4.62. The number of carbonyl (C=O) groups excluding carboxylic acids is 1. The summed E-state index contributed by atoms with van der Waals surface area (Å²) in [6, 6.07) is 15.9. The molecule has 1 aromatic heterocycles. The molecule has 3 aromatic carbocycles. The number of anilines is 2. The van der Waals surface area contributed by atoms with Crippen LogP contribution < -0.4 is 20.4 Å². The highest BCUT2D eigenvalue weighted by atomic mass is 32.2. The van der Waals surface area contributed by atoms with E-state index in [1.807, 2.05) is 6.92 Å². The Labute approximate surface area is 213 Å². The van der Waals surface area contributed by atoms with Gasteiger partial charge in [0.1, 0.15) is 5.82 Å². The highest BCUT2D eigenvalue weighted by Gasteiger charge is 2.19. The molecule has 37 heavy (non-hydrogen) atoms. The molecular weight excluding hydrogens is 518 g/mol. The number of sulfonamides is 2. The lowest BCUT2D eigenvalue weighted by Gasteiger charge is -2.14. The quantitative estimate of drug-likeness (QED) is 0.325. The molecule has 0 bridgehead atoms. The van der Waals surface area contributed by atoms with Crippen LogP contribution in [-0.4, -0.2) is 32.4 Å². The molecule has 0 unspecified atom stereocenters. The molecule has 0 radical (unpaired) electrons. The fourth-order valence-corrected chi connectivity index (χ4v) is 5.60. The molecule has 13 heteroatoms. The first-order valence-electron chi connectivity index (χ1n) is 10.9. The van der Waals surface area contributed by atoms with Gasteiger partial charge in [-0.2, -0.15) is 13.1 Å². The number of nitrogens with zero attached hydrogens (tertiary/aromatic N) is 2. The molecule has 3 N–H and O–H groups in total. The molecule has 0 spiro atoms. The van der Waals surface area contributed by atoms with Crippen molar-refractivity contribution < 1.29 is 21.6 Å². The first-order chi connectivity index (χ1) is 17.4. The smallest absolute Gasteiger partial charge is 0.280 e. The van der Waals surface area contributed by atoms with Crippen LogP contribution in [0.1, 0.15) is 18.3 Å². The lowest BCUT2D eigenvalue weighted by Crippen LogP contribution is -2.35. The Morgan fingerprint density at radius 2 is 1.38 bits per heavy atom. The molecule has 0 atom stereocenters. The van der Waals surface area contributed by atoms with Crippen molar-refractivity contribution >= 4 is 48.2 Å². The fraction of sp³-hybridized carbons (Fsp3) is 0.125. The molecule has 1 amide bonds. The van der Waals surface area contributed by atoms with Gasteiger partial charge in [0.25, 0.3) is 25.6 Å². The largest absolute Gasteiger partial charge is 0.326 e. The van der Waals surface area contributed by atoms with Gasteiger partial charge in [0, 0.05) is 18.3 Å². The number of aromatic nitrogens is 2. The van der Waals surface area contributed by atoms with E-state index in [0.717, 1.165) is 10.2 Å². The summed E-state index contributed by atoms with van der Waals surface area (Å²) in [5.41, 5.74) is 0.942. The monoisotopic (exact) mass is 541 g/mol. The van der Waals surface area contributed by atoms with E-state index in [-0.39, 0.29) is 38.1 Å². The number of hydrogen-bond acceptors (Lipinski definition) is 7. The Kier molecular flexibility index (Phi) is 6.76. The SMILES string of the molecule is CC(=O)Nc1ccc(S(=O)(=O)Nn2c(C)nc3ccc(NS(=O)(=O)c4ccc(C)cc4)cc3c2=O)cc1. The molecule has 0 aliphatic carbocycles. The van der Waals surface area contributed by atoms with Crippen LogP contribution in [0.5, 0.6) is 0 Å². The number of fused-ring (bicyclic) bond motifs is 1. The number of hydrogen-bond donors (Lipinski definition) is 3. The maximum atomic E-state index is 13.2. The summed E-state index contributed by atoms with van der Waals surface area (Å²) in [6.07, 6.45) is 0. The second kappa shape index (κ2) is 9.67. The molecule has 0 aliphatic rings. The Morgan fingerprint density at radius 3 is 2.00 bits per heavy atom. The highest BCUT2D eigenvalue weighted by molar-refractivity contribution is 7.92. The van der Waals surface area contributed by atoms with Crippen molar-refractivity contribution in [3.05, 3.63) is 88.5 Å². The van der Waals surface area contributed by atoms with Crippen molar-refractivity contribution in [1.82, 2.24) is 9.66 Å². The third kappa shape index (κ3) is 5.62. The molecule has 192 valence electrons. The normalized spacial score (nSPS) is 11.8. The summed E-state index contributed by atoms with van der Waals surface area (Å²) in [7, 11) is -8.12. The second-order valence-electron chi connectivity index (χ2n) is 8.25. The predicted octanol–water partition coefficient (Wildman–Crippen LogP) is 2.70. The Balaban J connectivity index is 1.67. The fourth-order valence-electron chi connectivity index (χ4n) is 3.49. The number of amides is 1. The van der Waals surface area contributed by atoms with Gasteiger partial charge in [-0.3, -0.25) is 14.3 Å². The predicted molar refractivity (Wildman–Crippen MR) is 140 cm³/mol. The first kappa shape index (κ1) is 25.9. The Morgan fingerprint density at radius 1 is 0.811 bits per heavy atom. The standard InChI is InChI=1S/C24H23N5O6S2/c1-15-4-9-20(10-5-15)36(32,33)27-19-8-13-23-22(14-19)24(31)29(16(2)25-23)28-37(34,35)21-11-6-18(7-12-21)26-17(3)30/h4-14,27-28H,1-3H3,(H,26,30). The van der Waals surface area contributed by atoms with Crippen LogP contribution >= 0.6 is 0 Å². The van der Waals surface area contributed by atoms with E-state index >= 15 is 0 Å². The molecule has 4 aromatic rings. The molecule has 0 saturated heterocycles. The molecule has 1 heterocycles. The summed E-state index contributed by atoms with van der Waals surface area (Å²) < 4.78 is 54.6. The van der Waals surface area contributed by atoms with Gasteiger partial charge in [0.15, 0.2) is 0 Å². The third-order valence-electron chi connectivity index (χ3n) is 5.32. The van der Waals surface area contributed by atoms with Gasteiger partial charge in [-0.15, -0.1) is 0 Å². The second-order valence-corrected chi connectivity index (χ2v) is 11.6. The van der Waals surface area contributed by atoms with Crippen LogP contribution in [0.15, 0.2) is 81.3 Å². The van der Waals surface area contributed by atoms with Crippen molar-refractivity contribution in [2.75, 3.05) is 14.9 Å². The number of aryl methyl sites for hydroxylation is 2. The van der Waals surface area contributed by atoms with E-state index in [0.29, 0.717) is 5.69 Å². The van der Waals surface area contributed by atoms with Crippen LogP contribution in [0, 0.1) is 13.8 Å². The van der Waals surface area contributed by atoms with Gasteiger partial charge in [-0.25, -0.2) is 18.2 Å². The van der Waals surface area contributed by atoms with Crippen LogP contribution in [0.25, 0.3) is 10.9 Å². The number of benzene rings is 3. The minimum atomic E-state index is -4.20. The van der Waals surface area contributed by atoms with Crippen LogP contribution in [0.3, 0.4) is 0 Å². The van der Waals surface area contributed by atoms with Crippen LogP contribution in [-0.2, 0) is 24.8 Å². The zero-order valence-electron chi connectivity index (χ0n) is 20.0. The van der Waals surface area contributed by atoms with Crippen molar-refractivity contribution in [2.24, 2.45) is 0 Å². The van der Waals surface area contributed by atoms with E-state index in [4.69, 9.17) is 0 Å². The molecule has 0 saturated carbocycles. The van der Waals surface area contributed by atoms with E-state index in [1.165, 1.54) is 68.4 Å². The molecule has 4 rings (SSSR count). The van der Waals surface area contributed by atoms with Crippen molar-refractivity contribution in [1.29, 1.82) is 0 Å². The maximum Gasteiger partial charge on any atom is 0.280 e. The average Bonchev–Trinajstić information content (AvgIpc) is 2.82. The molecular formula is C24H23N5O6S2. The van der Waals surface area contributed by atoms with Gasteiger partial charge in [-0.05, 0) is 68.4 Å². The summed E-state index contributed by atoms with van der Waals surface area (Å²) in [5.74, 6) is -0.234. The Hall–Kier alpha value is -4.23. The van der Waals surface area contributed by atoms with Gasteiger partial charge in [0.2, 0.25) is 5.91 Å². The lowest BCUT2D eigenvalue weighted by molar-refractivity contribution is -0.114. The van der Waals surface area contributed by atoms with Gasteiger partial charge < -0.3 is 5.32 Å². The number of rotatable bonds is 7. The highest BCUT2D eigenvalue weighted by Crippen LogP contribution is 2.20. The van der Waals surface area contributed by atoms with E-state index in [2.05, 4.69) is 19.9 Å². The third-order valence-corrected chi connectivity index (χ3v) is 8.03. The average molecular weight is 542 g/mol. The molecule has 0 aliphatic heterocycles. The molecule has 0 fully saturated rings. The topological polar surface area (TPSA) is 156 Å². The van der Waals surface area contributed by atoms with Gasteiger partial charge in [0.05, 0.1) is 20.7 Å². The van der Waals surface area contributed by atoms with E-state index in [9.17, 15) is 26.4 Å². The van der Waals surface area contributed by atoms with E-state index in [1.54, 1.807) is 12.1 Å². The zero-order valence-corrected chi connectivity index (χ0v) is 21.6. The van der Waals surface area contributed by atoms with E-state index < -0.39 is 25.6 Å². The summed E-state index contributed by atoms with van der Waals surface area (Å²) in [4.78, 5) is 30.8. The lowest BCUT2D eigenvalue weighted by atomic mass is 10.2. The minimum absolute atomic E-state index is 0.00147. The summed E-state index contributed by atoms with van der Waals surface area (Å²) >= 11 is 0. The van der Waals surface area contributed by atoms with Gasteiger partial charge in [-0.1, -0.05) is 17.7 Å². The van der Waals surface area contributed by atoms with Crippen molar-refractivity contribution in [2.45, 2.75) is 30.6 Å². The Bertz CT molecular complexity index is 1780. The number of carbonyl (C=O) groups is 1. The first-order valence-corrected chi connectivity index (χ1v) is 13.9. The summed E-state index contributed by atoms with van der Waals surface area (Å²) in [5, 5.41) is 2.54.